The van der Waals surface area contributed by atoms with Gasteiger partial charge in [-0.1, -0.05) is 30.3 Å². The number of urea groups is 1. The number of aryl methyl sites for hydroxylation is 1. The van der Waals surface area contributed by atoms with E-state index in [-0.39, 0.29) is 18.6 Å². The fourth-order valence-corrected chi connectivity index (χ4v) is 3.35. The third-order valence-electron chi connectivity index (χ3n) is 4.69. The summed E-state index contributed by atoms with van der Waals surface area (Å²) in [5, 5.41) is 10.1. The van der Waals surface area contributed by atoms with Gasteiger partial charge in [0.05, 0.1) is 25.0 Å². The first-order valence-electron chi connectivity index (χ1n) is 8.76. The third-order valence-corrected chi connectivity index (χ3v) is 4.69. The van der Waals surface area contributed by atoms with Crippen LogP contribution >= 0.6 is 0 Å². The van der Waals surface area contributed by atoms with Crippen LogP contribution in [0, 0.1) is 0 Å². The van der Waals surface area contributed by atoms with Crippen molar-refractivity contribution < 1.29 is 9.21 Å². The molecule has 3 aromatic rings. The van der Waals surface area contributed by atoms with Gasteiger partial charge in [0, 0.05) is 23.9 Å². The fourth-order valence-electron chi connectivity index (χ4n) is 3.35. The van der Waals surface area contributed by atoms with E-state index in [1.165, 1.54) is 5.69 Å². The van der Waals surface area contributed by atoms with Crippen LogP contribution in [0.1, 0.15) is 36.0 Å². The molecule has 2 N–H and O–H groups in total. The largest absolute Gasteiger partial charge is 0.439 e. The topological polar surface area (TPSA) is 85.0 Å². The van der Waals surface area contributed by atoms with Gasteiger partial charge in [0.25, 0.3) is 0 Å². The standard InChI is InChI=1S/C19H21N5O2/c1-24-16-9-5-8-15(14(16)10-22-24)23-19(25)21-12-18-20-11-17(26-18)13-6-3-2-4-7-13/h2-4,6-7,10-11,15H,5,8-9,12H2,1H3,(H2,21,23,25). The first kappa shape index (κ1) is 16.4. The Bertz CT molecular complexity index is 900. The van der Waals surface area contributed by atoms with E-state index in [2.05, 4.69) is 20.7 Å². The molecular weight excluding hydrogens is 330 g/mol. The summed E-state index contributed by atoms with van der Waals surface area (Å²) in [5.41, 5.74) is 3.26. The molecule has 0 saturated carbocycles. The molecule has 0 saturated heterocycles. The lowest BCUT2D eigenvalue weighted by Crippen LogP contribution is -2.38. The number of fused-ring (bicyclic) bond motifs is 1. The second-order valence-electron chi connectivity index (χ2n) is 6.43. The summed E-state index contributed by atoms with van der Waals surface area (Å²) in [6.45, 7) is 0.241. The summed E-state index contributed by atoms with van der Waals surface area (Å²) in [4.78, 5) is 16.5. The molecule has 7 nitrogen and oxygen atoms in total. The van der Waals surface area contributed by atoms with Crippen LogP contribution in [0.25, 0.3) is 11.3 Å². The monoisotopic (exact) mass is 351 g/mol. The van der Waals surface area contributed by atoms with Crippen LogP contribution in [0.15, 0.2) is 47.1 Å². The number of nitrogens with one attached hydrogen (secondary N) is 2. The second-order valence-corrected chi connectivity index (χ2v) is 6.43. The lowest BCUT2D eigenvalue weighted by molar-refractivity contribution is 0.234. The highest BCUT2D eigenvalue weighted by Gasteiger charge is 2.24. The molecule has 2 heterocycles. The maximum atomic E-state index is 12.3. The van der Waals surface area contributed by atoms with Crippen LogP contribution in [0.5, 0.6) is 0 Å². The second kappa shape index (κ2) is 7.03. The molecule has 1 aliphatic rings. The van der Waals surface area contributed by atoms with E-state index in [0.717, 1.165) is 30.4 Å². The molecule has 2 aromatic heterocycles. The Labute approximate surface area is 151 Å². The Morgan fingerprint density at radius 1 is 1.31 bits per heavy atom. The predicted molar refractivity (Wildman–Crippen MR) is 96.2 cm³/mol. The highest BCUT2D eigenvalue weighted by molar-refractivity contribution is 5.74. The van der Waals surface area contributed by atoms with Crippen molar-refractivity contribution in [2.45, 2.75) is 31.8 Å². The number of nitrogens with zero attached hydrogens (tertiary/aromatic N) is 3. The molecule has 134 valence electrons. The van der Waals surface area contributed by atoms with Gasteiger partial charge < -0.3 is 15.1 Å². The summed E-state index contributed by atoms with van der Waals surface area (Å²) >= 11 is 0. The Morgan fingerprint density at radius 3 is 3.00 bits per heavy atom. The maximum Gasteiger partial charge on any atom is 0.315 e. The molecule has 4 rings (SSSR count). The zero-order valence-electron chi connectivity index (χ0n) is 14.6. The molecule has 2 amide bonds. The van der Waals surface area contributed by atoms with Crippen molar-refractivity contribution in [1.29, 1.82) is 0 Å². The molecular formula is C19H21N5O2. The number of hydrogen-bond donors (Lipinski definition) is 2. The molecule has 0 radical (unpaired) electrons. The molecule has 0 bridgehead atoms. The number of amides is 2. The van der Waals surface area contributed by atoms with Crippen molar-refractivity contribution in [1.82, 2.24) is 25.4 Å². The van der Waals surface area contributed by atoms with Crippen LogP contribution in [0.2, 0.25) is 0 Å². The van der Waals surface area contributed by atoms with Gasteiger partial charge in [0.1, 0.15) is 0 Å². The van der Waals surface area contributed by atoms with Crippen molar-refractivity contribution in [2.24, 2.45) is 7.05 Å². The molecule has 0 aliphatic heterocycles. The van der Waals surface area contributed by atoms with Gasteiger partial charge in [0.15, 0.2) is 5.76 Å². The summed E-state index contributed by atoms with van der Waals surface area (Å²) in [6.07, 6.45) is 6.48. The summed E-state index contributed by atoms with van der Waals surface area (Å²) < 4.78 is 7.59. The van der Waals surface area contributed by atoms with Crippen molar-refractivity contribution in [3.05, 3.63) is 59.9 Å². The Kier molecular flexibility index (Phi) is 4.43. The number of carbonyl (C=O) groups excluding carboxylic acids is 1. The Hall–Kier alpha value is -3.09. The van der Waals surface area contributed by atoms with Crippen LogP contribution in [-0.2, 0) is 20.0 Å². The van der Waals surface area contributed by atoms with E-state index >= 15 is 0 Å². The molecule has 0 fully saturated rings. The van der Waals surface area contributed by atoms with Crippen molar-refractivity contribution in [3.63, 3.8) is 0 Å². The fraction of sp³-hybridized carbons (Fsp3) is 0.316. The quantitative estimate of drug-likeness (QED) is 0.757. The Morgan fingerprint density at radius 2 is 2.15 bits per heavy atom. The third kappa shape index (κ3) is 3.33. The van der Waals surface area contributed by atoms with E-state index in [1.54, 1.807) is 6.20 Å². The minimum atomic E-state index is -0.230. The first-order chi connectivity index (χ1) is 12.7. The summed E-state index contributed by atoms with van der Waals surface area (Å²) in [5.74, 6) is 1.17. The van der Waals surface area contributed by atoms with Gasteiger partial charge in [-0.3, -0.25) is 4.68 Å². The van der Waals surface area contributed by atoms with Crippen LogP contribution in [0.3, 0.4) is 0 Å². The molecule has 1 atom stereocenters. The van der Waals surface area contributed by atoms with E-state index in [0.29, 0.717) is 11.7 Å². The highest BCUT2D eigenvalue weighted by Crippen LogP contribution is 2.29. The van der Waals surface area contributed by atoms with Gasteiger partial charge in [-0.05, 0) is 19.3 Å². The lowest BCUT2D eigenvalue weighted by Gasteiger charge is -2.23. The predicted octanol–water partition coefficient (Wildman–Crippen LogP) is 2.95. The molecule has 1 aromatic carbocycles. The number of aromatic nitrogens is 3. The van der Waals surface area contributed by atoms with Gasteiger partial charge in [-0.25, -0.2) is 9.78 Å². The first-order valence-corrected chi connectivity index (χ1v) is 8.76. The van der Waals surface area contributed by atoms with Crippen molar-refractivity contribution in [2.75, 3.05) is 0 Å². The SMILES string of the molecule is Cn1ncc2c1CCCC2NC(=O)NCc1ncc(-c2ccccc2)o1. The maximum absolute atomic E-state index is 12.3. The summed E-state index contributed by atoms with van der Waals surface area (Å²) in [7, 11) is 1.94. The van der Waals surface area contributed by atoms with Gasteiger partial charge in [-0.15, -0.1) is 0 Å². The number of oxazole rings is 1. The van der Waals surface area contributed by atoms with E-state index in [4.69, 9.17) is 4.42 Å². The molecule has 1 unspecified atom stereocenters. The van der Waals surface area contributed by atoms with E-state index in [9.17, 15) is 4.79 Å². The zero-order valence-corrected chi connectivity index (χ0v) is 14.6. The van der Waals surface area contributed by atoms with Gasteiger partial charge >= 0.3 is 6.03 Å². The van der Waals surface area contributed by atoms with Crippen LogP contribution < -0.4 is 10.6 Å². The van der Waals surface area contributed by atoms with Crippen LogP contribution in [-0.4, -0.2) is 20.8 Å². The summed E-state index contributed by atoms with van der Waals surface area (Å²) in [6, 6.07) is 9.52. The van der Waals surface area contributed by atoms with E-state index < -0.39 is 0 Å². The molecule has 0 spiro atoms. The highest BCUT2D eigenvalue weighted by atomic mass is 16.4. The molecule has 26 heavy (non-hydrogen) atoms. The van der Waals surface area contributed by atoms with Gasteiger partial charge in [-0.2, -0.15) is 5.10 Å². The smallest absolute Gasteiger partial charge is 0.315 e. The average molecular weight is 351 g/mol. The normalized spacial score (nSPS) is 16.1. The number of carbonyl (C=O) groups is 1. The van der Waals surface area contributed by atoms with Gasteiger partial charge in [0.2, 0.25) is 5.89 Å². The average Bonchev–Trinajstić information content (AvgIpc) is 3.29. The van der Waals surface area contributed by atoms with E-state index in [1.807, 2.05) is 48.3 Å². The van der Waals surface area contributed by atoms with Crippen molar-refractivity contribution >= 4 is 6.03 Å². The zero-order chi connectivity index (χ0) is 17.9. The minimum Gasteiger partial charge on any atom is -0.439 e. The minimum absolute atomic E-state index is 0.00288. The molecule has 1 aliphatic carbocycles. The lowest BCUT2D eigenvalue weighted by atomic mass is 9.93. The number of rotatable bonds is 4. The number of hydrogen-bond acceptors (Lipinski definition) is 4. The Balaban J connectivity index is 1.34. The van der Waals surface area contributed by atoms with Crippen molar-refractivity contribution in [3.8, 4) is 11.3 Å². The molecule has 7 heteroatoms. The number of benzene rings is 1. The van der Waals surface area contributed by atoms with Crippen LogP contribution in [0.4, 0.5) is 4.79 Å².